The minimum absolute atomic E-state index is 0.00333. The predicted molar refractivity (Wildman–Crippen MR) is 55.7 cm³/mol. The van der Waals surface area contributed by atoms with Crippen molar-refractivity contribution in [2.45, 2.75) is 31.5 Å². The van der Waals surface area contributed by atoms with Crippen LogP contribution in [0.25, 0.3) is 0 Å². The monoisotopic (exact) mass is 247 g/mol. The summed E-state index contributed by atoms with van der Waals surface area (Å²) in [4.78, 5) is 0. The second-order valence-corrected chi connectivity index (χ2v) is 4.45. The zero-order valence-corrected chi connectivity index (χ0v) is 9.10. The van der Waals surface area contributed by atoms with Gasteiger partial charge in [-0.3, -0.25) is 0 Å². The molecule has 0 saturated heterocycles. The van der Waals surface area contributed by atoms with Crippen LogP contribution < -0.4 is 5.73 Å². The van der Waals surface area contributed by atoms with Crippen LogP contribution in [0.15, 0.2) is 18.2 Å². The second-order valence-electron chi connectivity index (χ2n) is 4.45. The Morgan fingerprint density at radius 2 is 1.88 bits per heavy atom. The molecule has 2 rings (SSSR count). The Balaban J connectivity index is 2.38. The maximum Gasteiger partial charge on any atom is 0.416 e. The summed E-state index contributed by atoms with van der Waals surface area (Å²) in [5.41, 5.74) is 4.88. The summed E-state index contributed by atoms with van der Waals surface area (Å²) in [5.74, 6) is -0.802. The Bertz CT molecular complexity index is 409. The lowest BCUT2D eigenvalue weighted by molar-refractivity contribution is -0.138. The van der Waals surface area contributed by atoms with Gasteiger partial charge in [-0.25, -0.2) is 4.39 Å². The van der Waals surface area contributed by atoms with Gasteiger partial charge in [-0.1, -0.05) is 12.5 Å². The van der Waals surface area contributed by atoms with Crippen LogP contribution in [0.2, 0.25) is 0 Å². The molecule has 1 fully saturated rings. The van der Waals surface area contributed by atoms with E-state index >= 15 is 0 Å². The van der Waals surface area contributed by atoms with Gasteiger partial charge in [0.05, 0.1) is 5.56 Å². The minimum atomic E-state index is -4.56. The Kier molecular flexibility index (Phi) is 3.12. The molecule has 0 bridgehead atoms. The molecular formula is C12H13F4N. The average Bonchev–Trinajstić information content (AvgIpc) is 2.13. The normalized spacial score (nSPS) is 18.9. The number of hydrogen-bond acceptors (Lipinski definition) is 1. The summed E-state index contributed by atoms with van der Waals surface area (Å²) >= 11 is 0. The number of benzene rings is 1. The maximum atomic E-state index is 12.9. The highest BCUT2D eigenvalue weighted by atomic mass is 19.4. The summed E-state index contributed by atoms with van der Waals surface area (Å²) in [5, 5.41) is 0. The highest BCUT2D eigenvalue weighted by Gasteiger charge is 2.37. The first-order valence-corrected chi connectivity index (χ1v) is 5.52. The van der Waals surface area contributed by atoms with Gasteiger partial charge < -0.3 is 5.73 Å². The van der Waals surface area contributed by atoms with E-state index < -0.39 is 23.6 Å². The molecule has 0 radical (unpaired) electrons. The van der Waals surface area contributed by atoms with E-state index in [1.165, 1.54) is 0 Å². The summed E-state index contributed by atoms with van der Waals surface area (Å²) < 4.78 is 51.2. The molecule has 1 saturated carbocycles. The smallest absolute Gasteiger partial charge is 0.324 e. The van der Waals surface area contributed by atoms with E-state index in [1.54, 1.807) is 0 Å². The molecule has 2 N–H and O–H groups in total. The van der Waals surface area contributed by atoms with Crippen molar-refractivity contribution in [3.8, 4) is 0 Å². The second kappa shape index (κ2) is 4.29. The lowest BCUT2D eigenvalue weighted by Gasteiger charge is -2.32. The number of alkyl halides is 3. The van der Waals surface area contributed by atoms with Gasteiger partial charge in [-0.05, 0) is 36.5 Å². The van der Waals surface area contributed by atoms with Crippen molar-refractivity contribution in [1.29, 1.82) is 0 Å². The van der Waals surface area contributed by atoms with Gasteiger partial charge in [0, 0.05) is 6.04 Å². The van der Waals surface area contributed by atoms with Gasteiger partial charge in [-0.15, -0.1) is 0 Å². The van der Waals surface area contributed by atoms with E-state index in [0.29, 0.717) is 6.07 Å². The third-order valence-corrected chi connectivity index (χ3v) is 3.34. The Labute approximate surface area is 96.6 Å². The largest absolute Gasteiger partial charge is 0.416 e. The fourth-order valence-corrected chi connectivity index (χ4v) is 2.12. The Hall–Kier alpha value is -1.10. The van der Waals surface area contributed by atoms with Crippen LogP contribution in [-0.2, 0) is 6.18 Å². The van der Waals surface area contributed by atoms with E-state index in [-0.39, 0.29) is 11.5 Å². The van der Waals surface area contributed by atoms with Crippen LogP contribution in [0, 0.1) is 11.7 Å². The molecule has 0 spiro atoms. The van der Waals surface area contributed by atoms with Crippen molar-refractivity contribution in [2.24, 2.45) is 11.7 Å². The fourth-order valence-electron chi connectivity index (χ4n) is 2.12. The summed E-state index contributed by atoms with van der Waals surface area (Å²) in [6.07, 6.45) is -1.87. The van der Waals surface area contributed by atoms with Crippen molar-refractivity contribution in [1.82, 2.24) is 0 Å². The number of halogens is 4. The molecule has 1 nitrogen and oxygen atoms in total. The van der Waals surface area contributed by atoms with Gasteiger partial charge in [0.15, 0.2) is 0 Å². The summed E-state index contributed by atoms with van der Waals surface area (Å²) in [7, 11) is 0. The maximum absolute atomic E-state index is 12.9. The Morgan fingerprint density at radius 3 is 2.35 bits per heavy atom. The third kappa shape index (κ3) is 2.44. The third-order valence-electron chi connectivity index (χ3n) is 3.34. The molecule has 5 heteroatoms. The van der Waals surface area contributed by atoms with Crippen molar-refractivity contribution >= 4 is 0 Å². The molecule has 0 heterocycles. The van der Waals surface area contributed by atoms with Crippen molar-refractivity contribution in [3.63, 3.8) is 0 Å². The standard InChI is InChI=1S/C12H13F4N/c13-8-4-5-9(10(6-8)12(14,15)16)11(17)7-2-1-3-7/h4-7,11H,1-3,17H2/t11-/m1/s1. The van der Waals surface area contributed by atoms with E-state index in [0.717, 1.165) is 31.4 Å². The fraction of sp³-hybridized carbons (Fsp3) is 0.500. The quantitative estimate of drug-likeness (QED) is 0.793. The van der Waals surface area contributed by atoms with Gasteiger partial charge in [0.1, 0.15) is 5.82 Å². The van der Waals surface area contributed by atoms with Crippen molar-refractivity contribution in [3.05, 3.63) is 35.1 Å². The number of nitrogens with two attached hydrogens (primary N) is 1. The molecule has 1 aromatic rings. The molecular weight excluding hydrogens is 234 g/mol. The van der Waals surface area contributed by atoms with Crippen LogP contribution >= 0.6 is 0 Å². The minimum Gasteiger partial charge on any atom is -0.324 e. The molecule has 0 aliphatic heterocycles. The molecule has 1 atom stereocenters. The number of rotatable bonds is 2. The molecule has 0 aromatic heterocycles. The van der Waals surface area contributed by atoms with Crippen molar-refractivity contribution in [2.75, 3.05) is 0 Å². The molecule has 94 valence electrons. The van der Waals surface area contributed by atoms with Gasteiger partial charge >= 0.3 is 6.18 Å². The van der Waals surface area contributed by atoms with Gasteiger partial charge in [-0.2, -0.15) is 13.2 Å². The molecule has 1 aliphatic carbocycles. The van der Waals surface area contributed by atoms with Crippen LogP contribution in [0.1, 0.15) is 36.4 Å². The van der Waals surface area contributed by atoms with Crippen LogP contribution in [-0.4, -0.2) is 0 Å². The topological polar surface area (TPSA) is 26.0 Å². The molecule has 0 amide bonds. The first-order valence-electron chi connectivity index (χ1n) is 5.52. The van der Waals surface area contributed by atoms with E-state index in [2.05, 4.69) is 0 Å². The van der Waals surface area contributed by atoms with E-state index in [1.807, 2.05) is 0 Å². The zero-order valence-electron chi connectivity index (χ0n) is 9.10. The van der Waals surface area contributed by atoms with E-state index in [4.69, 9.17) is 5.73 Å². The molecule has 17 heavy (non-hydrogen) atoms. The molecule has 1 aromatic carbocycles. The zero-order chi connectivity index (χ0) is 12.6. The predicted octanol–water partition coefficient (Wildman–Crippen LogP) is 3.64. The highest BCUT2D eigenvalue weighted by Crippen LogP contribution is 2.41. The first-order chi connectivity index (χ1) is 7.89. The van der Waals surface area contributed by atoms with Gasteiger partial charge in [0.25, 0.3) is 0 Å². The van der Waals surface area contributed by atoms with Crippen molar-refractivity contribution < 1.29 is 17.6 Å². The van der Waals surface area contributed by atoms with Crippen LogP contribution in [0.3, 0.4) is 0 Å². The summed E-state index contributed by atoms with van der Waals surface area (Å²) in [6.45, 7) is 0. The van der Waals surface area contributed by atoms with Gasteiger partial charge in [0.2, 0.25) is 0 Å². The van der Waals surface area contributed by atoms with E-state index in [9.17, 15) is 17.6 Å². The Morgan fingerprint density at radius 1 is 1.24 bits per heavy atom. The highest BCUT2D eigenvalue weighted by molar-refractivity contribution is 5.33. The summed E-state index contributed by atoms with van der Waals surface area (Å²) in [6, 6.07) is 2.05. The molecule has 1 aliphatic rings. The SMILES string of the molecule is N[C@@H](c1ccc(F)cc1C(F)(F)F)C1CCC1. The van der Waals surface area contributed by atoms with Crippen LogP contribution in [0.5, 0.6) is 0 Å². The molecule has 0 unspecified atom stereocenters. The lowest BCUT2D eigenvalue weighted by Crippen LogP contribution is -2.29. The first kappa shape index (κ1) is 12.4. The lowest BCUT2D eigenvalue weighted by atomic mass is 9.76. The van der Waals surface area contributed by atoms with Crippen LogP contribution in [0.4, 0.5) is 17.6 Å². The number of hydrogen-bond donors (Lipinski definition) is 1. The average molecular weight is 247 g/mol.